The molecule has 3 fully saturated rings. The van der Waals surface area contributed by atoms with Gasteiger partial charge < -0.3 is 15.4 Å². The molecule has 2 aliphatic heterocycles. The normalized spacial score (nSPS) is 36.4. The molecule has 0 aromatic carbocycles. The van der Waals surface area contributed by atoms with E-state index in [1.807, 2.05) is 7.05 Å². The lowest BCUT2D eigenvalue weighted by molar-refractivity contribution is -0.124. The van der Waals surface area contributed by atoms with E-state index in [1.54, 1.807) is 0 Å². The fourth-order valence-electron chi connectivity index (χ4n) is 4.10. The average molecular weight is 266 g/mol. The van der Waals surface area contributed by atoms with Crippen LogP contribution in [0.1, 0.15) is 57.8 Å². The summed E-state index contributed by atoms with van der Waals surface area (Å²) >= 11 is 0. The summed E-state index contributed by atoms with van der Waals surface area (Å²) in [5, 5.41) is 6.63. The van der Waals surface area contributed by atoms with Crippen molar-refractivity contribution in [3.8, 4) is 0 Å². The monoisotopic (exact) mass is 266 g/mol. The van der Waals surface area contributed by atoms with E-state index >= 15 is 0 Å². The molecule has 2 bridgehead atoms. The molecule has 3 aliphatic rings. The zero-order valence-corrected chi connectivity index (χ0v) is 11.9. The lowest BCUT2D eigenvalue weighted by atomic mass is 9.79. The molecule has 108 valence electrons. The topological polar surface area (TPSA) is 50.4 Å². The van der Waals surface area contributed by atoms with E-state index in [9.17, 15) is 4.79 Å². The Morgan fingerprint density at radius 3 is 2.63 bits per heavy atom. The average Bonchev–Trinajstić information content (AvgIpc) is 3.02. The van der Waals surface area contributed by atoms with Crippen LogP contribution in [0.25, 0.3) is 0 Å². The van der Waals surface area contributed by atoms with Crippen molar-refractivity contribution in [2.75, 3.05) is 7.05 Å². The standard InChI is InChI=1S/C15H26N2O2/c1-16-15(7-3-2-4-8-15)10-14(18)17-12-9-11-5-6-13(12)19-11/h11-13,16H,2-10H2,1H3,(H,17,18). The Labute approximate surface area is 115 Å². The van der Waals surface area contributed by atoms with E-state index in [2.05, 4.69) is 10.6 Å². The maximum absolute atomic E-state index is 12.3. The van der Waals surface area contributed by atoms with Crippen LogP contribution < -0.4 is 10.6 Å². The molecule has 0 aromatic rings. The third kappa shape index (κ3) is 2.79. The molecule has 1 aliphatic carbocycles. The van der Waals surface area contributed by atoms with Crippen LogP contribution in [-0.2, 0) is 9.53 Å². The molecular formula is C15H26N2O2. The Bertz CT molecular complexity index is 339. The summed E-state index contributed by atoms with van der Waals surface area (Å²) in [5.74, 6) is 0.206. The summed E-state index contributed by atoms with van der Waals surface area (Å²) in [6.45, 7) is 0. The van der Waals surface area contributed by atoms with Gasteiger partial charge in [0.15, 0.2) is 0 Å². The van der Waals surface area contributed by atoms with Gasteiger partial charge in [-0.2, -0.15) is 0 Å². The van der Waals surface area contributed by atoms with Gasteiger partial charge in [0.2, 0.25) is 5.91 Å². The molecule has 2 heterocycles. The van der Waals surface area contributed by atoms with Crippen molar-refractivity contribution in [1.29, 1.82) is 0 Å². The molecule has 4 nitrogen and oxygen atoms in total. The van der Waals surface area contributed by atoms with Gasteiger partial charge in [0.05, 0.1) is 18.2 Å². The van der Waals surface area contributed by atoms with E-state index in [0.29, 0.717) is 12.5 Å². The lowest BCUT2D eigenvalue weighted by Crippen LogP contribution is -2.50. The number of rotatable bonds is 4. The predicted octanol–water partition coefficient (Wildman–Crippen LogP) is 1.73. The number of carbonyl (C=O) groups excluding carboxylic acids is 1. The van der Waals surface area contributed by atoms with Crippen LogP contribution in [0, 0.1) is 0 Å². The summed E-state index contributed by atoms with van der Waals surface area (Å²) < 4.78 is 5.80. The Morgan fingerprint density at radius 1 is 1.26 bits per heavy atom. The summed E-state index contributed by atoms with van der Waals surface area (Å²) in [4.78, 5) is 12.3. The quantitative estimate of drug-likeness (QED) is 0.815. The predicted molar refractivity (Wildman–Crippen MR) is 73.9 cm³/mol. The summed E-state index contributed by atoms with van der Waals surface area (Å²) in [5.41, 5.74) is 0.0425. The van der Waals surface area contributed by atoms with Crippen LogP contribution in [-0.4, -0.2) is 36.7 Å². The Hall–Kier alpha value is -0.610. The Morgan fingerprint density at radius 2 is 2.05 bits per heavy atom. The van der Waals surface area contributed by atoms with Gasteiger partial charge in [-0.05, 0) is 39.2 Å². The largest absolute Gasteiger partial charge is 0.373 e. The highest BCUT2D eigenvalue weighted by Crippen LogP contribution is 2.35. The molecule has 3 atom stereocenters. The summed E-state index contributed by atoms with van der Waals surface area (Å²) in [7, 11) is 2.00. The first-order valence-corrected chi connectivity index (χ1v) is 7.84. The van der Waals surface area contributed by atoms with Gasteiger partial charge >= 0.3 is 0 Å². The highest BCUT2D eigenvalue weighted by molar-refractivity contribution is 5.77. The minimum atomic E-state index is 0.0425. The van der Waals surface area contributed by atoms with E-state index in [1.165, 1.54) is 25.7 Å². The molecule has 19 heavy (non-hydrogen) atoms. The smallest absolute Gasteiger partial charge is 0.222 e. The van der Waals surface area contributed by atoms with Crippen molar-refractivity contribution in [2.24, 2.45) is 0 Å². The number of hydrogen-bond donors (Lipinski definition) is 2. The highest BCUT2D eigenvalue weighted by atomic mass is 16.5. The van der Waals surface area contributed by atoms with Crippen LogP contribution in [0.3, 0.4) is 0 Å². The number of hydrogen-bond acceptors (Lipinski definition) is 3. The second-order valence-electron chi connectivity index (χ2n) is 6.55. The minimum absolute atomic E-state index is 0.0425. The Kier molecular flexibility index (Phi) is 3.81. The van der Waals surface area contributed by atoms with Gasteiger partial charge in [-0.15, -0.1) is 0 Å². The minimum Gasteiger partial charge on any atom is -0.373 e. The van der Waals surface area contributed by atoms with Crippen molar-refractivity contribution >= 4 is 5.91 Å². The van der Waals surface area contributed by atoms with Gasteiger partial charge in [-0.3, -0.25) is 4.79 Å². The zero-order chi connectivity index (χ0) is 13.3. The lowest BCUT2D eigenvalue weighted by Gasteiger charge is -2.37. The zero-order valence-electron chi connectivity index (χ0n) is 11.9. The van der Waals surface area contributed by atoms with Crippen LogP contribution in [0.15, 0.2) is 0 Å². The first-order chi connectivity index (χ1) is 9.21. The van der Waals surface area contributed by atoms with Gasteiger partial charge in [0.1, 0.15) is 0 Å². The highest BCUT2D eigenvalue weighted by Gasteiger charge is 2.42. The maximum atomic E-state index is 12.3. The fraction of sp³-hybridized carbons (Fsp3) is 0.933. The second-order valence-corrected chi connectivity index (χ2v) is 6.55. The fourth-order valence-corrected chi connectivity index (χ4v) is 4.10. The van der Waals surface area contributed by atoms with Crippen LogP contribution in [0.5, 0.6) is 0 Å². The van der Waals surface area contributed by atoms with Crippen molar-refractivity contribution in [3.63, 3.8) is 0 Å². The van der Waals surface area contributed by atoms with Gasteiger partial charge in [0, 0.05) is 12.0 Å². The van der Waals surface area contributed by atoms with Crippen LogP contribution in [0.2, 0.25) is 0 Å². The van der Waals surface area contributed by atoms with Crippen molar-refractivity contribution in [1.82, 2.24) is 10.6 Å². The van der Waals surface area contributed by atoms with Gasteiger partial charge in [0.25, 0.3) is 0 Å². The summed E-state index contributed by atoms with van der Waals surface area (Å²) in [6, 6.07) is 0.267. The first-order valence-electron chi connectivity index (χ1n) is 7.84. The second kappa shape index (κ2) is 5.41. The molecule has 0 spiro atoms. The first kappa shape index (κ1) is 13.4. The van der Waals surface area contributed by atoms with Crippen molar-refractivity contribution in [2.45, 2.75) is 81.6 Å². The molecule has 1 saturated carbocycles. The van der Waals surface area contributed by atoms with Gasteiger partial charge in [-0.1, -0.05) is 19.3 Å². The Balaban J connectivity index is 1.52. The number of nitrogens with one attached hydrogen (secondary N) is 2. The van der Waals surface area contributed by atoms with Crippen molar-refractivity contribution in [3.05, 3.63) is 0 Å². The van der Waals surface area contributed by atoms with E-state index < -0.39 is 0 Å². The number of ether oxygens (including phenoxy) is 1. The van der Waals surface area contributed by atoms with E-state index in [0.717, 1.165) is 25.7 Å². The van der Waals surface area contributed by atoms with Crippen LogP contribution >= 0.6 is 0 Å². The summed E-state index contributed by atoms with van der Waals surface area (Å²) in [6.07, 6.45) is 10.7. The molecule has 2 N–H and O–H groups in total. The number of carbonyl (C=O) groups is 1. The molecule has 4 heteroatoms. The van der Waals surface area contributed by atoms with Crippen LogP contribution in [0.4, 0.5) is 0 Å². The molecule has 2 saturated heterocycles. The molecule has 3 rings (SSSR count). The molecule has 0 aromatic heterocycles. The molecular weight excluding hydrogens is 240 g/mol. The third-order valence-corrected chi connectivity index (χ3v) is 5.29. The van der Waals surface area contributed by atoms with E-state index in [-0.39, 0.29) is 23.6 Å². The van der Waals surface area contributed by atoms with E-state index in [4.69, 9.17) is 4.74 Å². The molecule has 1 amide bonds. The van der Waals surface area contributed by atoms with Gasteiger partial charge in [-0.25, -0.2) is 0 Å². The third-order valence-electron chi connectivity index (χ3n) is 5.29. The number of amides is 1. The SMILES string of the molecule is CNC1(CC(=O)NC2CC3CCC2O3)CCCCC1. The maximum Gasteiger partial charge on any atom is 0.222 e. The number of fused-ring (bicyclic) bond motifs is 2. The molecule has 0 radical (unpaired) electrons. The van der Waals surface area contributed by atoms with Crippen molar-refractivity contribution < 1.29 is 9.53 Å². The molecule has 3 unspecified atom stereocenters.